The topological polar surface area (TPSA) is 92.8 Å². The molecular weight excluding hydrogens is 320 g/mol. The molecule has 1 amide bonds. The molecule has 0 fully saturated rings. The SMILES string of the molecule is CN(C)S(=O)(=O)c1cccc(C(=O)OCC(=O)NC(C)(C)C)c1. The summed E-state index contributed by atoms with van der Waals surface area (Å²) in [4.78, 5) is 23.6. The molecule has 23 heavy (non-hydrogen) atoms. The van der Waals surface area contributed by atoms with Crippen LogP contribution in [0.3, 0.4) is 0 Å². The first-order chi connectivity index (χ1) is 10.4. The van der Waals surface area contributed by atoms with Crippen LogP contribution in [0.5, 0.6) is 0 Å². The number of nitrogens with one attached hydrogen (secondary N) is 1. The average Bonchev–Trinajstić information content (AvgIpc) is 2.43. The number of carbonyl (C=O) groups excluding carboxylic acids is 2. The van der Waals surface area contributed by atoms with Gasteiger partial charge < -0.3 is 10.1 Å². The van der Waals surface area contributed by atoms with E-state index in [1.165, 1.54) is 38.4 Å². The number of ether oxygens (including phenoxy) is 1. The monoisotopic (exact) mass is 342 g/mol. The van der Waals surface area contributed by atoms with Crippen molar-refractivity contribution in [2.75, 3.05) is 20.7 Å². The lowest BCUT2D eigenvalue weighted by Gasteiger charge is -2.20. The lowest BCUT2D eigenvalue weighted by Crippen LogP contribution is -2.42. The molecule has 7 nitrogen and oxygen atoms in total. The van der Waals surface area contributed by atoms with E-state index in [4.69, 9.17) is 4.74 Å². The Bertz CT molecular complexity index is 690. The molecule has 0 bridgehead atoms. The Balaban J connectivity index is 2.81. The minimum absolute atomic E-state index is 0.0175. The number of esters is 1. The number of rotatable bonds is 5. The fourth-order valence-corrected chi connectivity index (χ4v) is 2.61. The summed E-state index contributed by atoms with van der Waals surface area (Å²) in [7, 11) is -0.842. The van der Waals surface area contributed by atoms with Crippen LogP contribution < -0.4 is 5.32 Å². The first-order valence-corrected chi connectivity index (χ1v) is 8.38. The second-order valence-corrected chi connectivity index (χ2v) is 8.34. The second-order valence-electron chi connectivity index (χ2n) is 6.19. The van der Waals surface area contributed by atoms with Crippen LogP contribution in [0.4, 0.5) is 0 Å². The highest BCUT2D eigenvalue weighted by atomic mass is 32.2. The van der Waals surface area contributed by atoms with Crippen LogP contribution in [-0.2, 0) is 19.6 Å². The van der Waals surface area contributed by atoms with E-state index >= 15 is 0 Å². The van der Waals surface area contributed by atoms with Gasteiger partial charge in [0.05, 0.1) is 10.5 Å². The quantitative estimate of drug-likeness (QED) is 0.806. The van der Waals surface area contributed by atoms with E-state index < -0.39 is 34.0 Å². The summed E-state index contributed by atoms with van der Waals surface area (Å²) < 4.78 is 30.0. The zero-order chi connectivity index (χ0) is 17.8. The predicted molar refractivity (Wildman–Crippen MR) is 85.5 cm³/mol. The first kappa shape index (κ1) is 19.1. The van der Waals surface area contributed by atoms with E-state index in [1.54, 1.807) is 0 Å². The Hall–Kier alpha value is -1.93. The third-order valence-electron chi connectivity index (χ3n) is 2.70. The molecule has 0 saturated carbocycles. The van der Waals surface area contributed by atoms with Gasteiger partial charge in [-0.05, 0) is 39.0 Å². The van der Waals surface area contributed by atoms with Gasteiger partial charge >= 0.3 is 5.97 Å². The third kappa shape index (κ3) is 5.65. The maximum Gasteiger partial charge on any atom is 0.338 e. The zero-order valence-electron chi connectivity index (χ0n) is 13.9. The molecule has 0 unspecified atom stereocenters. The Labute approximate surface area is 136 Å². The van der Waals surface area contributed by atoms with Crippen molar-refractivity contribution in [1.29, 1.82) is 0 Å². The summed E-state index contributed by atoms with van der Waals surface area (Å²) in [5.41, 5.74) is -0.361. The lowest BCUT2D eigenvalue weighted by molar-refractivity contribution is -0.125. The van der Waals surface area contributed by atoms with Crippen LogP contribution in [0, 0.1) is 0 Å². The molecule has 1 rings (SSSR count). The highest BCUT2D eigenvalue weighted by Crippen LogP contribution is 2.15. The van der Waals surface area contributed by atoms with Gasteiger partial charge in [-0.3, -0.25) is 4.79 Å². The number of amides is 1. The molecule has 0 aliphatic rings. The summed E-state index contributed by atoms with van der Waals surface area (Å²) in [6.45, 7) is 4.99. The van der Waals surface area contributed by atoms with Gasteiger partial charge in [-0.1, -0.05) is 6.07 Å². The molecule has 0 spiro atoms. The van der Waals surface area contributed by atoms with Crippen LogP contribution in [-0.4, -0.2) is 50.8 Å². The summed E-state index contributed by atoms with van der Waals surface area (Å²) in [5.74, 6) is -1.19. The second kappa shape index (κ2) is 7.10. The van der Waals surface area contributed by atoms with Gasteiger partial charge in [0.15, 0.2) is 6.61 Å². The minimum atomic E-state index is -3.64. The standard InChI is InChI=1S/C15H22N2O5S/c1-15(2,3)16-13(18)10-22-14(19)11-7-6-8-12(9-11)23(20,21)17(4)5/h6-9H,10H2,1-5H3,(H,16,18). The molecule has 0 atom stereocenters. The van der Waals surface area contributed by atoms with Gasteiger partial charge in [-0.15, -0.1) is 0 Å². The molecule has 0 aliphatic heterocycles. The molecule has 1 aromatic carbocycles. The smallest absolute Gasteiger partial charge is 0.338 e. The van der Waals surface area contributed by atoms with Gasteiger partial charge in [-0.2, -0.15) is 0 Å². The van der Waals surface area contributed by atoms with Crippen LogP contribution in [0.2, 0.25) is 0 Å². The lowest BCUT2D eigenvalue weighted by atomic mass is 10.1. The largest absolute Gasteiger partial charge is 0.452 e. The van der Waals surface area contributed by atoms with Gasteiger partial charge in [0.25, 0.3) is 5.91 Å². The van der Waals surface area contributed by atoms with Crippen molar-refractivity contribution in [3.05, 3.63) is 29.8 Å². The number of sulfonamides is 1. The van der Waals surface area contributed by atoms with Crippen molar-refractivity contribution in [3.8, 4) is 0 Å². The Morgan fingerprint density at radius 1 is 1.22 bits per heavy atom. The van der Waals surface area contributed by atoms with E-state index in [1.807, 2.05) is 20.8 Å². The molecule has 0 heterocycles. The van der Waals surface area contributed by atoms with Crippen molar-refractivity contribution in [1.82, 2.24) is 9.62 Å². The fraction of sp³-hybridized carbons (Fsp3) is 0.467. The zero-order valence-corrected chi connectivity index (χ0v) is 14.7. The number of carbonyl (C=O) groups is 2. The van der Waals surface area contributed by atoms with Crippen LogP contribution in [0.15, 0.2) is 29.2 Å². The van der Waals surface area contributed by atoms with Crippen LogP contribution in [0.1, 0.15) is 31.1 Å². The van der Waals surface area contributed by atoms with Crippen LogP contribution >= 0.6 is 0 Å². The van der Waals surface area contributed by atoms with E-state index in [0.29, 0.717) is 0 Å². The predicted octanol–water partition coefficient (Wildman–Crippen LogP) is 1.01. The number of hydrogen-bond acceptors (Lipinski definition) is 5. The summed E-state index contributed by atoms with van der Waals surface area (Å²) >= 11 is 0. The van der Waals surface area contributed by atoms with Crippen molar-refractivity contribution >= 4 is 21.9 Å². The van der Waals surface area contributed by atoms with Crippen molar-refractivity contribution in [2.24, 2.45) is 0 Å². The Morgan fingerprint density at radius 3 is 2.35 bits per heavy atom. The fourth-order valence-electron chi connectivity index (χ4n) is 1.66. The number of nitrogens with zero attached hydrogens (tertiary/aromatic N) is 1. The van der Waals surface area contributed by atoms with Crippen molar-refractivity contribution < 1.29 is 22.7 Å². The van der Waals surface area contributed by atoms with Crippen molar-refractivity contribution in [2.45, 2.75) is 31.2 Å². The Morgan fingerprint density at radius 2 is 1.83 bits per heavy atom. The summed E-state index contributed by atoms with van der Waals surface area (Å²) in [5, 5.41) is 2.66. The van der Waals surface area contributed by atoms with Gasteiger partial charge in [-0.25, -0.2) is 17.5 Å². The van der Waals surface area contributed by atoms with E-state index in [9.17, 15) is 18.0 Å². The highest BCUT2D eigenvalue weighted by molar-refractivity contribution is 7.89. The van der Waals surface area contributed by atoms with E-state index in [2.05, 4.69) is 5.32 Å². The third-order valence-corrected chi connectivity index (χ3v) is 4.51. The number of hydrogen-bond donors (Lipinski definition) is 1. The highest BCUT2D eigenvalue weighted by Gasteiger charge is 2.20. The summed E-state index contributed by atoms with van der Waals surface area (Å²) in [6.07, 6.45) is 0. The molecule has 128 valence electrons. The van der Waals surface area contributed by atoms with Crippen LogP contribution in [0.25, 0.3) is 0 Å². The molecular formula is C15H22N2O5S. The number of benzene rings is 1. The molecule has 8 heteroatoms. The molecule has 0 aromatic heterocycles. The first-order valence-electron chi connectivity index (χ1n) is 6.94. The Kier molecular flexibility index (Phi) is 5.90. The molecule has 0 aliphatic carbocycles. The molecule has 0 radical (unpaired) electrons. The van der Waals surface area contributed by atoms with Gasteiger partial charge in [0.1, 0.15) is 0 Å². The average molecular weight is 342 g/mol. The maximum absolute atomic E-state index is 12.0. The molecule has 1 aromatic rings. The minimum Gasteiger partial charge on any atom is -0.452 e. The maximum atomic E-state index is 12.0. The van der Waals surface area contributed by atoms with E-state index in [0.717, 1.165) is 4.31 Å². The molecule has 0 saturated heterocycles. The van der Waals surface area contributed by atoms with E-state index in [-0.39, 0.29) is 10.5 Å². The molecule has 1 N–H and O–H groups in total. The summed E-state index contributed by atoms with van der Waals surface area (Å²) in [6, 6.07) is 5.48. The van der Waals surface area contributed by atoms with Gasteiger partial charge in [0, 0.05) is 19.6 Å². The van der Waals surface area contributed by atoms with Gasteiger partial charge in [0.2, 0.25) is 10.0 Å². The van der Waals surface area contributed by atoms with Crippen molar-refractivity contribution in [3.63, 3.8) is 0 Å². The normalized spacial score (nSPS) is 12.1.